The van der Waals surface area contributed by atoms with Crippen molar-refractivity contribution in [3.8, 4) is 0 Å². The molecule has 2 aromatic carbocycles. The number of likely N-dealkylation sites (N-methyl/N-ethyl adjacent to an activating group) is 1. The van der Waals surface area contributed by atoms with Gasteiger partial charge in [-0.25, -0.2) is 4.79 Å². The van der Waals surface area contributed by atoms with E-state index in [0.717, 1.165) is 16.5 Å². The molecule has 0 saturated heterocycles. The molecule has 1 aliphatic heterocycles. The van der Waals surface area contributed by atoms with Gasteiger partial charge < -0.3 is 25.0 Å². The van der Waals surface area contributed by atoms with E-state index in [1.54, 1.807) is 21.5 Å². The van der Waals surface area contributed by atoms with E-state index in [9.17, 15) is 14.7 Å². The number of nitrogens with zero attached hydrogens (tertiary/aromatic N) is 5. The first-order chi connectivity index (χ1) is 17.9. The minimum Gasteiger partial charge on any atom is -0.394 e. The molecule has 198 valence electrons. The smallest absolute Gasteiger partial charge is 0.321 e. The minimum absolute atomic E-state index is 0.0196. The first-order valence-electron chi connectivity index (χ1n) is 12.8. The molecule has 0 fully saturated rings. The van der Waals surface area contributed by atoms with Crippen molar-refractivity contribution in [1.29, 1.82) is 0 Å². The fourth-order valence-electron chi connectivity index (χ4n) is 4.59. The number of hydrogen-bond acceptors (Lipinski definition) is 6. The predicted octanol–water partition coefficient (Wildman–Crippen LogP) is 3.12. The average Bonchev–Trinajstić information content (AvgIpc) is 3.36. The van der Waals surface area contributed by atoms with Gasteiger partial charge in [0.1, 0.15) is 5.69 Å². The number of ether oxygens (including phenoxy) is 1. The number of amides is 3. The fourth-order valence-corrected chi connectivity index (χ4v) is 4.59. The molecule has 1 aliphatic rings. The SMILES string of the molecule is C[C@H]1CN([C@@H](C)CO)C(=O)CCCn2cc(nn2)CO[C@H]1CN(C)C(=O)Nc1cccc2ccccc12. The van der Waals surface area contributed by atoms with Gasteiger partial charge in [-0.2, -0.15) is 0 Å². The molecule has 0 aliphatic carbocycles. The Morgan fingerprint density at radius 2 is 2.05 bits per heavy atom. The molecule has 3 atom stereocenters. The van der Waals surface area contributed by atoms with Crippen LogP contribution < -0.4 is 5.32 Å². The first kappa shape index (κ1) is 26.6. The number of carbonyl (C=O) groups excluding carboxylic acids is 2. The van der Waals surface area contributed by atoms with Crippen LogP contribution in [0.15, 0.2) is 48.7 Å². The third-order valence-corrected chi connectivity index (χ3v) is 6.88. The molecule has 10 heteroatoms. The Bertz CT molecular complexity index is 1210. The number of benzene rings is 2. The molecule has 1 aromatic heterocycles. The largest absolute Gasteiger partial charge is 0.394 e. The summed E-state index contributed by atoms with van der Waals surface area (Å²) in [4.78, 5) is 29.5. The Hall–Kier alpha value is -3.50. The topological polar surface area (TPSA) is 113 Å². The lowest BCUT2D eigenvalue weighted by Crippen LogP contribution is -2.48. The lowest BCUT2D eigenvalue weighted by molar-refractivity contribution is -0.136. The molecule has 0 radical (unpaired) electrons. The summed E-state index contributed by atoms with van der Waals surface area (Å²) in [6, 6.07) is 13.1. The highest BCUT2D eigenvalue weighted by Crippen LogP contribution is 2.24. The van der Waals surface area contributed by atoms with Gasteiger partial charge in [0.05, 0.1) is 37.2 Å². The summed E-state index contributed by atoms with van der Waals surface area (Å²) in [5, 5.41) is 23.1. The second kappa shape index (κ2) is 12.2. The molecule has 2 heterocycles. The maximum Gasteiger partial charge on any atom is 0.321 e. The van der Waals surface area contributed by atoms with Crippen molar-refractivity contribution in [3.63, 3.8) is 0 Å². The van der Waals surface area contributed by atoms with Crippen molar-refractivity contribution in [3.05, 3.63) is 54.4 Å². The van der Waals surface area contributed by atoms with Crippen molar-refractivity contribution in [2.75, 3.05) is 32.1 Å². The Morgan fingerprint density at radius 3 is 2.86 bits per heavy atom. The van der Waals surface area contributed by atoms with Crippen LogP contribution in [0.2, 0.25) is 0 Å². The predicted molar refractivity (Wildman–Crippen MR) is 141 cm³/mol. The van der Waals surface area contributed by atoms with E-state index in [1.165, 1.54) is 0 Å². The number of anilines is 1. The number of aliphatic hydroxyl groups excluding tert-OH is 1. The Labute approximate surface area is 217 Å². The summed E-state index contributed by atoms with van der Waals surface area (Å²) in [6.45, 7) is 5.26. The monoisotopic (exact) mass is 508 g/mol. The number of aryl methyl sites for hydroxylation is 1. The summed E-state index contributed by atoms with van der Waals surface area (Å²) in [6.07, 6.45) is 2.43. The highest BCUT2D eigenvalue weighted by molar-refractivity contribution is 6.01. The first-order valence-corrected chi connectivity index (χ1v) is 12.8. The molecular formula is C27H36N6O4. The van der Waals surface area contributed by atoms with Crippen LogP contribution in [0.1, 0.15) is 32.4 Å². The Kier molecular flexibility index (Phi) is 8.73. The van der Waals surface area contributed by atoms with E-state index in [1.807, 2.05) is 62.5 Å². The third kappa shape index (κ3) is 6.64. The third-order valence-electron chi connectivity index (χ3n) is 6.88. The molecule has 0 spiro atoms. The molecule has 4 rings (SSSR count). The van der Waals surface area contributed by atoms with Gasteiger partial charge in [-0.05, 0) is 24.8 Å². The quantitative estimate of drug-likeness (QED) is 0.548. The van der Waals surface area contributed by atoms with Crippen molar-refractivity contribution in [1.82, 2.24) is 24.8 Å². The van der Waals surface area contributed by atoms with Gasteiger partial charge in [-0.3, -0.25) is 9.48 Å². The summed E-state index contributed by atoms with van der Waals surface area (Å²) in [7, 11) is 1.73. The second-order valence-corrected chi connectivity index (χ2v) is 9.82. The van der Waals surface area contributed by atoms with E-state index in [4.69, 9.17) is 4.74 Å². The van der Waals surface area contributed by atoms with E-state index in [-0.39, 0.29) is 43.2 Å². The van der Waals surface area contributed by atoms with Crippen LogP contribution in [0.4, 0.5) is 10.5 Å². The molecule has 2 N–H and O–H groups in total. The van der Waals surface area contributed by atoms with Crippen LogP contribution in [0.25, 0.3) is 10.8 Å². The number of aliphatic hydroxyl groups is 1. The normalized spacial score (nSPS) is 20.0. The zero-order chi connectivity index (χ0) is 26.4. The van der Waals surface area contributed by atoms with Crippen LogP contribution in [0, 0.1) is 5.92 Å². The van der Waals surface area contributed by atoms with Gasteiger partial charge in [-0.15, -0.1) is 5.10 Å². The van der Waals surface area contributed by atoms with Crippen molar-refractivity contribution in [2.24, 2.45) is 5.92 Å². The number of hydrogen-bond donors (Lipinski definition) is 2. The summed E-state index contributed by atoms with van der Waals surface area (Å²) in [5.74, 6) is -0.129. The summed E-state index contributed by atoms with van der Waals surface area (Å²) in [5.41, 5.74) is 1.44. The zero-order valence-electron chi connectivity index (χ0n) is 21.7. The average molecular weight is 509 g/mol. The lowest BCUT2D eigenvalue weighted by atomic mass is 10.0. The molecule has 0 saturated carbocycles. The van der Waals surface area contributed by atoms with Crippen molar-refractivity contribution >= 4 is 28.4 Å². The van der Waals surface area contributed by atoms with Gasteiger partial charge in [0.2, 0.25) is 5.91 Å². The van der Waals surface area contributed by atoms with Crippen LogP contribution in [-0.2, 0) is 22.7 Å². The molecule has 0 unspecified atom stereocenters. The molecule has 37 heavy (non-hydrogen) atoms. The Morgan fingerprint density at radius 1 is 1.27 bits per heavy atom. The molecule has 2 bridgehead atoms. The van der Waals surface area contributed by atoms with Crippen molar-refractivity contribution in [2.45, 2.75) is 52.0 Å². The highest BCUT2D eigenvalue weighted by Gasteiger charge is 2.29. The van der Waals surface area contributed by atoms with Gasteiger partial charge in [0, 0.05) is 44.4 Å². The van der Waals surface area contributed by atoms with E-state index in [0.29, 0.717) is 38.2 Å². The maximum absolute atomic E-state index is 13.2. The summed E-state index contributed by atoms with van der Waals surface area (Å²) < 4.78 is 7.98. The molecular weight excluding hydrogens is 472 g/mol. The number of rotatable bonds is 5. The van der Waals surface area contributed by atoms with E-state index in [2.05, 4.69) is 15.6 Å². The van der Waals surface area contributed by atoms with Crippen LogP contribution in [0.5, 0.6) is 0 Å². The summed E-state index contributed by atoms with van der Waals surface area (Å²) >= 11 is 0. The molecule has 3 aromatic rings. The second-order valence-electron chi connectivity index (χ2n) is 9.82. The Balaban J connectivity index is 1.51. The fraction of sp³-hybridized carbons (Fsp3) is 0.481. The molecule has 10 nitrogen and oxygen atoms in total. The van der Waals surface area contributed by atoms with Gasteiger partial charge >= 0.3 is 6.03 Å². The zero-order valence-corrected chi connectivity index (χ0v) is 21.7. The van der Waals surface area contributed by atoms with Crippen molar-refractivity contribution < 1.29 is 19.4 Å². The maximum atomic E-state index is 13.2. The highest BCUT2D eigenvalue weighted by atomic mass is 16.5. The number of carbonyl (C=O) groups is 2. The minimum atomic E-state index is -0.379. The number of aromatic nitrogens is 3. The number of nitrogens with one attached hydrogen (secondary N) is 1. The van der Waals surface area contributed by atoms with Gasteiger partial charge in [0.15, 0.2) is 0 Å². The van der Waals surface area contributed by atoms with Crippen LogP contribution >= 0.6 is 0 Å². The van der Waals surface area contributed by atoms with E-state index >= 15 is 0 Å². The van der Waals surface area contributed by atoms with Crippen LogP contribution in [-0.4, -0.2) is 80.7 Å². The van der Waals surface area contributed by atoms with E-state index < -0.39 is 0 Å². The lowest BCUT2D eigenvalue weighted by Gasteiger charge is -2.35. The van der Waals surface area contributed by atoms with Gasteiger partial charge in [0.25, 0.3) is 0 Å². The number of fused-ring (bicyclic) bond motifs is 3. The molecule has 3 amide bonds. The number of urea groups is 1. The standard InChI is InChI=1S/C27H36N6O4/c1-19-14-33(20(2)17-34)26(35)12-7-13-32-15-22(29-30-32)18-37-25(19)16-31(3)27(36)28-24-11-6-9-21-8-4-5-10-23(21)24/h4-6,8-11,15,19-20,25,34H,7,12-14,16-18H2,1-3H3,(H,28,36)/t19-,20-,25-/m0/s1. The van der Waals surface area contributed by atoms with Gasteiger partial charge in [-0.1, -0.05) is 48.5 Å². The van der Waals surface area contributed by atoms with Crippen LogP contribution in [0.3, 0.4) is 0 Å².